The summed E-state index contributed by atoms with van der Waals surface area (Å²) in [4.78, 5) is 27.8. The fraction of sp³-hybridized carbons (Fsp3) is 0.765. The molecule has 1 amide bonds. The van der Waals surface area contributed by atoms with Gasteiger partial charge in [-0.05, 0) is 91.6 Å². The highest BCUT2D eigenvalue weighted by Crippen LogP contribution is 2.62. The number of benzene rings is 1. The number of fused-ring (bicyclic) bond motifs is 5. The van der Waals surface area contributed by atoms with Gasteiger partial charge >= 0.3 is 0 Å². The molecule has 0 bridgehead atoms. The number of Topliss-reactive ketones (excluding diaryl/α,β-unsaturated/α-hetero) is 1. The van der Waals surface area contributed by atoms with Gasteiger partial charge in [0.05, 0.1) is 11.4 Å². The molecule has 2 fully saturated rings. The summed E-state index contributed by atoms with van der Waals surface area (Å²) in [6.07, 6.45) is 15.9. The van der Waals surface area contributed by atoms with Crippen LogP contribution < -0.4 is 0 Å². The number of aliphatic hydroxyl groups is 1. The van der Waals surface area contributed by atoms with Gasteiger partial charge in [0.1, 0.15) is 5.75 Å². The van der Waals surface area contributed by atoms with Crippen LogP contribution in [0.25, 0.3) is 0 Å². The lowest BCUT2D eigenvalue weighted by Crippen LogP contribution is -2.50. The molecular formula is C34H53NO4S. The number of carbonyl (C=O) groups is 2. The topological polar surface area (TPSA) is 77.8 Å². The number of thioether (sulfide) groups is 1. The molecule has 3 aliphatic carbocycles. The maximum atomic E-state index is 13.8. The zero-order valence-corrected chi connectivity index (χ0v) is 26.0. The Morgan fingerprint density at radius 3 is 2.45 bits per heavy atom. The minimum Gasteiger partial charge on any atom is -0.508 e. The van der Waals surface area contributed by atoms with E-state index in [1.54, 1.807) is 12.1 Å². The summed E-state index contributed by atoms with van der Waals surface area (Å²) in [5.41, 5.74) is 1.78. The van der Waals surface area contributed by atoms with Gasteiger partial charge in [-0.3, -0.25) is 9.59 Å². The fourth-order valence-electron chi connectivity index (χ4n) is 7.91. The number of nitrogens with zero attached hydrogens (tertiary/aromatic N) is 1. The Bertz CT molecular complexity index is 998. The second kappa shape index (κ2) is 14.6. The van der Waals surface area contributed by atoms with Crippen LogP contribution in [0.1, 0.15) is 132 Å². The van der Waals surface area contributed by atoms with Crippen molar-refractivity contribution in [3.63, 3.8) is 0 Å². The molecule has 0 aromatic heterocycles. The zero-order chi connectivity index (χ0) is 28.7. The first-order valence-corrected chi connectivity index (χ1v) is 17.2. The predicted octanol–water partition coefficient (Wildman–Crippen LogP) is 7.73. The van der Waals surface area contributed by atoms with Gasteiger partial charge in [0, 0.05) is 25.6 Å². The van der Waals surface area contributed by atoms with E-state index in [1.165, 1.54) is 32.1 Å². The van der Waals surface area contributed by atoms with Crippen molar-refractivity contribution < 1.29 is 19.8 Å². The van der Waals surface area contributed by atoms with Crippen LogP contribution in [0.3, 0.4) is 0 Å². The van der Waals surface area contributed by atoms with Gasteiger partial charge in [0.15, 0.2) is 5.78 Å². The number of carbonyl (C=O) groups excluding carboxylic acids is 2. The summed E-state index contributed by atoms with van der Waals surface area (Å²) < 4.78 is 0. The van der Waals surface area contributed by atoms with E-state index >= 15 is 0 Å². The van der Waals surface area contributed by atoms with Crippen molar-refractivity contribution in [2.75, 3.05) is 19.3 Å². The SMILES string of the molecule is CCCCN(C)C(=O)CCCCCCCCCCSC1C(=O)c2cc(O)ccc2C2CC[C@@]3(C)C(CC[C@@H]3O)C12. The number of aliphatic hydroxyl groups excluding tert-OH is 1. The third-order valence-corrected chi connectivity index (χ3v) is 11.9. The lowest BCUT2D eigenvalue weighted by atomic mass is 9.55. The van der Waals surface area contributed by atoms with E-state index in [0.29, 0.717) is 18.3 Å². The Hall–Kier alpha value is -1.53. The molecule has 0 radical (unpaired) electrons. The third kappa shape index (κ3) is 7.09. The molecule has 4 rings (SSSR count). The number of phenols is 1. The molecule has 224 valence electrons. The number of aromatic hydroxyl groups is 1. The van der Waals surface area contributed by atoms with Crippen LogP contribution in [-0.4, -0.2) is 57.5 Å². The smallest absolute Gasteiger partial charge is 0.222 e. The van der Waals surface area contributed by atoms with Gasteiger partial charge in [-0.15, -0.1) is 11.8 Å². The average Bonchev–Trinajstić information content (AvgIpc) is 3.25. The minimum absolute atomic E-state index is 0.0713. The molecular weight excluding hydrogens is 518 g/mol. The van der Waals surface area contributed by atoms with Crippen molar-refractivity contribution in [1.29, 1.82) is 0 Å². The summed E-state index contributed by atoms with van der Waals surface area (Å²) in [6, 6.07) is 5.42. The lowest BCUT2D eigenvalue weighted by molar-refractivity contribution is -0.130. The second-order valence-electron chi connectivity index (χ2n) is 13.1. The Balaban J connectivity index is 1.19. The summed E-state index contributed by atoms with van der Waals surface area (Å²) in [6.45, 7) is 5.29. The van der Waals surface area contributed by atoms with Crippen LogP contribution in [-0.2, 0) is 4.79 Å². The minimum atomic E-state index is -0.256. The van der Waals surface area contributed by atoms with E-state index in [2.05, 4.69) is 13.8 Å². The lowest BCUT2D eigenvalue weighted by Gasteiger charge is -2.52. The monoisotopic (exact) mass is 571 g/mol. The van der Waals surface area contributed by atoms with E-state index in [-0.39, 0.29) is 40.1 Å². The quantitative estimate of drug-likeness (QED) is 0.211. The molecule has 5 nitrogen and oxygen atoms in total. The molecule has 0 spiro atoms. The van der Waals surface area contributed by atoms with Crippen LogP contribution in [0.15, 0.2) is 18.2 Å². The average molecular weight is 572 g/mol. The van der Waals surface area contributed by atoms with Gasteiger partial charge in [-0.25, -0.2) is 0 Å². The van der Waals surface area contributed by atoms with Gasteiger partial charge in [-0.2, -0.15) is 0 Å². The number of phenolic OH excluding ortho intramolecular Hbond substituents is 1. The van der Waals surface area contributed by atoms with E-state index in [0.717, 1.165) is 81.2 Å². The van der Waals surface area contributed by atoms with Crippen molar-refractivity contribution >= 4 is 23.5 Å². The van der Waals surface area contributed by atoms with Crippen LogP contribution in [0.5, 0.6) is 5.75 Å². The zero-order valence-electron chi connectivity index (χ0n) is 25.2. The maximum Gasteiger partial charge on any atom is 0.222 e. The first-order valence-electron chi connectivity index (χ1n) is 16.2. The van der Waals surface area contributed by atoms with Crippen LogP contribution >= 0.6 is 11.8 Å². The molecule has 3 aliphatic rings. The second-order valence-corrected chi connectivity index (χ2v) is 14.4. The highest BCUT2D eigenvalue weighted by molar-refractivity contribution is 8.00. The van der Waals surface area contributed by atoms with Gasteiger partial charge in [0.2, 0.25) is 5.91 Å². The van der Waals surface area contributed by atoms with E-state index < -0.39 is 0 Å². The number of hydrogen-bond donors (Lipinski definition) is 2. The summed E-state index contributed by atoms with van der Waals surface area (Å²) >= 11 is 1.85. The Morgan fingerprint density at radius 2 is 1.73 bits per heavy atom. The van der Waals surface area contributed by atoms with Gasteiger partial charge < -0.3 is 15.1 Å². The van der Waals surface area contributed by atoms with Crippen molar-refractivity contribution in [2.45, 2.75) is 127 Å². The Kier molecular flexibility index (Phi) is 11.4. The van der Waals surface area contributed by atoms with E-state index in [4.69, 9.17) is 0 Å². The van der Waals surface area contributed by atoms with Crippen molar-refractivity contribution in [2.24, 2.45) is 17.3 Å². The fourth-order valence-corrected chi connectivity index (χ4v) is 9.41. The number of ketones is 1. The summed E-state index contributed by atoms with van der Waals surface area (Å²) in [5.74, 6) is 2.67. The third-order valence-electron chi connectivity index (χ3n) is 10.4. The number of rotatable bonds is 15. The predicted molar refractivity (Wildman–Crippen MR) is 165 cm³/mol. The molecule has 6 atom stereocenters. The van der Waals surface area contributed by atoms with Crippen molar-refractivity contribution in [3.8, 4) is 5.75 Å². The maximum absolute atomic E-state index is 13.8. The summed E-state index contributed by atoms with van der Waals surface area (Å²) in [5, 5.41) is 20.9. The molecule has 1 aromatic carbocycles. The van der Waals surface area contributed by atoms with Crippen LogP contribution in [0, 0.1) is 17.3 Å². The number of amides is 1. The molecule has 0 heterocycles. The van der Waals surface area contributed by atoms with Crippen molar-refractivity contribution in [1.82, 2.24) is 4.90 Å². The van der Waals surface area contributed by atoms with Crippen molar-refractivity contribution in [3.05, 3.63) is 29.3 Å². The van der Waals surface area contributed by atoms with E-state index in [1.807, 2.05) is 29.8 Å². The largest absolute Gasteiger partial charge is 0.508 e. The van der Waals surface area contributed by atoms with E-state index in [9.17, 15) is 19.8 Å². The molecule has 40 heavy (non-hydrogen) atoms. The summed E-state index contributed by atoms with van der Waals surface area (Å²) in [7, 11) is 1.92. The van der Waals surface area contributed by atoms with Crippen LogP contribution in [0.2, 0.25) is 0 Å². The molecule has 1 aromatic rings. The first kappa shape index (κ1) is 31.4. The first-order chi connectivity index (χ1) is 19.3. The Labute approximate surface area is 246 Å². The molecule has 2 N–H and O–H groups in total. The highest BCUT2D eigenvalue weighted by Gasteiger charge is 2.58. The molecule has 0 aliphatic heterocycles. The molecule has 4 unspecified atom stereocenters. The highest BCUT2D eigenvalue weighted by atomic mass is 32.2. The Morgan fingerprint density at radius 1 is 1.02 bits per heavy atom. The van der Waals surface area contributed by atoms with Gasteiger partial charge in [-0.1, -0.05) is 64.9 Å². The normalized spacial score (nSPS) is 29.1. The van der Waals surface area contributed by atoms with Gasteiger partial charge in [0.25, 0.3) is 0 Å². The molecule has 2 saturated carbocycles. The number of hydrogen-bond acceptors (Lipinski definition) is 5. The number of unbranched alkanes of at least 4 members (excludes halogenated alkanes) is 8. The standard InChI is InChI=1S/C34H53NO4S/c1-4-5-21-35(3)30(38)14-12-10-8-6-7-9-11-13-22-40-33-31-26(19-20-34(2)28(31)17-18-29(34)37)25-16-15-24(36)23-27(25)32(33)39/h15-16,23,26,28-29,31,33,36-37H,4-14,17-22H2,1-3H3/t26?,28?,29-,31?,33?,34-/m0/s1. The molecule has 0 saturated heterocycles. The molecule has 6 heteroatoms. The van der Waals surface area contributed by atoms with Crippen LogP contribution in [0.4, 0.5) is 0 Å².